The second-order valence-electron chi connectivity index (χ2n) is 9.94. The molecule has 0 saturated carbocycles. The summed E-state index contributed by atoms with van der Waals surface area (Å²) >= 11 is 1.89. The molecule has 3 unspecified atom stereocenters. The number of carbonyl (C=O) groups excluding carboxylic acids is 3. The Labute approximate surface area is 222 Å². The van der Waals surface area contributed by atoms with Gasteiger partial charge in [-0.15, -0.1) is 0 Å². The van der Waals surface area contributed by atoms with E-state index in [0.717, 1.165) is 57.1 Å². The van der Waals surface area contributed by atoms with E-state index in [4.69, 9.17) is 0 Å². The summed E-state index contributed by atoms with van der Waals surface area (Å²) in [4.78, 5) is 35.3. The zero-order valence-electron chi connectivity index (χ0n) is 22.2. The number of rotatable bonds is 19. The van der Waals surface area contributed by atoms with Crippen LogP contribution in [-0.2, 0) is 9.59 Å². The quantitative estimate of drug-likeness (QED) is 0.0763. The first-order chi connectivity index (χ1) is 17.6. The molecule has 4 amide bonds. The molecule has 4 N–H and O–H groups in total. The van der Waals surface area contributed by atoms with Gasteiger partial charge in [0.2, 0.25) is 11.8 Å². The van der Waals surface area contributed by atoms with E-state index in [9.17, 15) is 14.4 Å². The van der Waals surface area contributed by atoms with Gasteiger partial charge in [-0.3, -0.25) is 20.4 Å². The number of hydrogen-bond acceptors (Lipinski definition) is 4. The highest BCUT2D eigenvalue weighted by Gasteiger charge is 2.42. The maximum Gasteiger partial charge on any atom is 0.315 e. The van der Waals surface area contributed by atoms with Crippen LogP contribution >= 0.6 is 11.8 Å². The van der Waals surface area contributed by atoms with Gasteiger partial charge in [-0.1, -0.05) is 69.8 Å². The Hall–Kier alpha value is -1.96. The minimum absolute atomic E-state index is 0.0646. The Morgan fingerprint density at radius 1 is 0.833 bits per heavy atom. The molecule has 2 fully saturated rings. The number of amides is 4. The summed E-state index contributed by atoms with van der Waals surface area (Å²) in [5, 5.41) is 6.36. The van der Waals surface area contributed by atoms with Crippen molar-refractivity contribution in [2.45, 2.75) is 127 Å². The topological polar surface area (TPSA) is 99.3 Å². The van der Waals surface area contributed by atoms with E-state index in [1.54, 1.807) is 0 Å². The molecule has 2 rings (SSSR count). The Morgan fingerprint density at radius 2 is 1.44 bits per heavy atom. The van der Waals surface area contributed by atoms with E-state index < -0.39 is 0 Å². The van der Waals surface area contributed by atoms with Gasteiger partial charge in [0.05, 0.1) is 12.1 Å². The minimum atomic E-state index is -0.142. The first-order valence-electron chi connectivity index (χ1n) is 14.2. The van der Waals surface area contributed by atoms with Crippen LogP contribution in [0.4, 0.5) is 4.79 Å². The summed E-state index contributed by atoms with van der Waals surface area (Å²) in [6.45, 7) is 2.23. The molecule has 0 aromatic carbocycles. The second-order valence-corrected chi connectivity index (χ2v) is 11.2. The lowest BCUT2D eigenvalue weighted by atomic mass is 10.0. The summed E-state index contributed by atoms with van der Waals surface area (Å²) in [6.07, 6.45) is 25.4. The van der Waals surface area contributed by atoms with Crippen LogP contribution in [0, 0.1) is 0 Å². The summed E-state index contributed by atoms with van der Waals surface area (Å²) in [6, 6.07) is 0.389. The molecule has 3 atom stereocenters. The standard InChI is InChI=1S/C28H48N4O3S/c1-2-3-4-5-6-7-8-9-10-11-12-13-14-15-16-20-25(33)31-32-26(34)21-18-17-19-24-27-23(22-36-24)29-28(35)30-27/h6-7,9-10,23-24,27H,2-5,8,11-22H2,1H3,(H,31,33)(H,32,34)(H2,29,30,35). The van der Waals surface area contributed by atoms with Crippen molar-refractivity contribution in [3.8, 4) is 0 Å². The monoisotopic (exact) mass is 520 g/mol. The first kappa shape index (κ1) is 30.3. The zero-order chi connectivity index (χ0) is 25.8. The van der Waals surface area contributed by atoms with Gasteiger partial charge in [0.15, 0.2) is 0 Å². The van der Waals surface area contributed by atoms with Gasteiger partial charge in [-0.25, -0.2) is 4.79 Å². The molecule has 7 nitrogen and oxygen atoms in total. The maximum absolute atomic E-state index is 12.0. The highest BCUT2D eigenvalue weighted by atomic mass is 32.2. The molecular formula is C28H48N4O3S. The third-order valence-corrected chi connectivity index (χ3v) is 8.29. The van der Waals surface area contributed by atoms with Crippen LogP contribution in [0.1, 0.15) is 110 Å². The maximum atomic E-state index is 12.0. The molecule has 8 heteroatoms. The zero-order valence-corrected chi connectivity index (χ0v) is 23.0. The molecule has 0 bridgehead atoms. The number of hydrogen-bond donors (Lipinski definition) is 4. The van der Waals surface area contributed by atoms with Crippen molar-refractivity contribution in [2.75, 3.05) is 5.75 Å². The third kappa shape index (κ3) is 13.4. The average Bonchev–Trinajstić information content (AvgIpc) is 3.42. The number of allylic oxidation sites excluding steroid dienone is 4. The molecule has 2 saturated heterocycles. The van der Waals surface area contributed by atoms with Crippen LogP contribution in [0.2, 0.25) is 0 Å². The molecule has 2 aliphatic heterocycles. The van der Waals surface area contributed by atoms with Gasteiger partial charge < -0.3 is 10.6 Å². The summed E-state index contributed by atoms with van der Waals surface area (Å²) in [5.74, 6) is 0.693. The molecular weight excluding hydrogens is 472 g/mol. The average molecular weight is 521 g/mol. The minimum Gasteiger partial charge on any atom is -0.332 e. The summed E-state index contributed by atoms with van der Waals surface area (Å²) < 4.78 is 0. The predicted octanol–water partition coefficient (Wildman–Crippen LogP) is 5.67. The molecule has 2 heterocycles. The predicted molar refractivity (Wildman–Crippen MR) is 150 cm³/mol. The number of carbonyl (C=O) groups is 3. The summed E-state index contributed by atoms with van der Waals surface area (Å²) in [7, 11) is 0. The van der Waals surface area contributed by atoms with Crippen LogP contribution in [0.3, 0.4) is 0 Å². The first-order valence-corrected chi connectivity index (χ1v) is 15.2. The van der Waals surface area contributed by atoms with Gasteiger partial charge in [0, 0.05) is 23.8 Å². The van der Waals surface area contributed by atoms with Crippen LogP contribution < -0.4 is 21.5 Å². The molecule has 0 radical (unpaired) electrons. The molecule has 36 heavy (non-hydrogen) atoms. The van der Waals surface area contributed by atoms with E-state index in [-0.39, 0.29) is 29.9 Å². The normalized spacial score (nSPS) is 21.0. The Morgan fingerprint density at radius 3 is 2.14 bits per heavy atom. The van der Waals surface area contributed by atoms with E-state index in [1.165, 1.54) is 38.5 Å². The highest BCUT2D eigenvalue weighted by Crippen LogP contribution is 2.33. The number of hydrazine groups is 1. The lowest BCUT2D eigenvalue weighted by Gasteiger charge is -2.16. The second kappa shape index (κ2) is 19.2. The van der Waals surface area contributed by atoms with Crippen molar-refractivity contribution in [1.29, 1.82) is 0 Å². The van der Waals surface area contributed by atoms with Crippen molar-refractivity contribution in [2.24, 2.45) is 0 Å². The number of fused-ring (bicyclic) bond motifs is 1. The van der Waals surface area contributed by atoms with Crippen molar-refractivity contribution in [3.05, 3.63) is 24.3 Å². The lowest BCUT2D eigenvalue weighted by molar-refractivity contribution is -0.129. The van der Waals surface area contributed by atoms with Crippen LogP contribution in [0.5, 0.6) is 0 Å². The molecule has 0 aliphatic carbocycles. The van der Waals surface area contributed by atoms with E-state index in [0.29, 0.717) is 18.1 Å². The smallest absolute Gasteiger partial charge is 0.315 e. The number of unbranched alkanes of at least 4 members (excludes halogenated alkanes) is 9. The van der Waals surface area contributed by atoms with E-state index in [1.807, 2.05) is 11.8 Å². The van der Waals surface area contributed by atoms with Gasteiger partial charge in [0.1, 0.15) is 0 Å². The fourth-order valence-corrected chi connectivity index (χ4v) is 6.18. The van der Waals surface area contributed by atoms with Crippen molar-refractivity contribution < 1.29 is 14.4 Å². The Kier molecular flexibility index (Phi) is 16.1. The number of urea groups is 1. The molecule has 0 spiro atoms. The van der Waals surface area contributed by atoms with Crippen molar-refractivity contribution in [3.63, 3.8) is 0 Å². The SMILES string of the molecule is CCCCCC=CCC=CCCCCCCCC(=O)NNC(=O)CCCCC1SCC2NC(=O)NC21. The van der Waals surface area contributed by atoms with Gasteiger partial charge in [-0.2, -0.15) is 11.8 Å². The van der Waals surface area contributed by atoms with Crippen molar-refractivity contribution in [1.82, 2.24) is 21.5 Å². The van der Waals surface area contributed by atoms with Crippen LogP contribution in [-0.4, -0.2) is 40.9 Å². The van der Waals surface area contributed by atoms with Crippen LogP contribution in [0.25, 0.3) is 0 Å². The van der Waals surface area contributed by atoms with Gasteiger partial charge in [0.25, 0.3) is 0 Å². The fraction of sp³-hybridized carbons (Fsp3) is 0.750. The Bertz CT molecular complexity index is 713. The molecule has 0 aromatic rings. The number of thioether (sulfide) groups is 1. The van der Waals surface area contributed by atoms with E-state index in [2.05, 4.69) is 52.7 Å². The Balaban J connectivity index is 1.34. The van der Waals surface area contributed by atoms with Crippen molar-refractivity contribution >= 4 is 29.6 Å². The fourth-order valence-electron chi connectivity index (χ4n) is 4.64. The molecule has 204 valence electrons. The van der Waals surface area contributed by atoms with E-state index >= 15 is 0 Å². The largest absolute Gasteiger partial charge is 0.332 e. The highest BCUT2D eigenvalue weighted by molar-refractivity contribution is 8.00. The van der Waals surface area contributed by atoms with Gasteiger partial charge in [-0.05, 0) is 51.4 Å². The van der Waals surface area contributed by atoms with Crippen LogP contribution in [0.15, 0.2) is 24.3 Å². The third-order valence-electron chi connectivity index (χ3n) is 6.78. The lowest BCUT2D eigenvalue weighted by Crippen LogP contribution is -2.41. The van der Waals surface area contributed by atoms with Gasteiger partial charge >= 0.3 is 6.03 Å². The molecule has 2 aliphatic rings. The summed E-state index contributed by atoms with van der Waals surface area (Å²) in [5.41, 5.74) is 5.07. The number of nitrogens with one attached hydrogen (secondary N) is 4. The molecule has 0 aromatic heterocycles.